The lowest BCUT2D eigenvalue weighted by atomic mass is 10.2. The number of amides is 2. The molecule has 0 spiro atoms. The average Bonchev–Trinajstić information content (AvgIpc) is 3.03. The number of aromatic nitrogens is 4. The Bertz CT molecular complexity index is 997. The maximum absolute atomic E-state index is 13.6. The maximum Gasteiger partial charge on any atom is 0.323 e. The SMILES string of the molecule is CCCc1nc2nc[nH]n2c(=O)c1NC(=O)Nc1cc(F)ccc1F. The van der Waals surface area contributed by atoms with Crippen LogP contribution < -0.4 is 16.2 Å². The van der Waals surface area contributed by atoms with Gasteiger partial charge in [0.05, 0.1) is 11.4 Å². The number of urea groups is 1. The molecule has 3 N–H and O–H groups in total. The number of fused-ring (bicyclic) bond motifs is 1. The number of anilines is 2. The van der Waals surface area contributed by atoms with Gasteiger partial charge in [0.25, 0.3) is 11.3 Å². The van der Waals surface area contributed by atoms with Gasteiger partial charge in [0.2, 0.25) is 0 Å². The summed E-state index contributed by atoms with van der Waals surface area (Å²) in [6.07, 6.45) is 2.41. The number of aryl methyl sites for hydroxylation is 1. The van der Waals surface area contributed by atoms with Crippen LogP contribution in [0.25, 0.3) is 5.78 Å². The summed E-state index contributed by atoms with van der Waals surface area (Å²) in [6.45, 7) is 1.89. The van der Waals surface area contributed by atoms with E-state index in [1.54, 1.807) is 0 Å². The van der Waals surface area contributed by atoms with Gasteiger partial charge in [-0.2, -0.15) is 4.52 Å². The zero-order valence-corrected chi connectivity index (χ0v) is 13.1. The highest BCUT2D eigenvalue weighted by Crippen LogP contribution is 2.16. The lowest BCUT2D eigenvalue weighted by molar-refractivity contribution is 0.262. The van der Waals surface area contributed by atoms with Crippen LogP contribution in [-0.2, 0) is 6.42 Å². The van der Waals surface area contributed by atoms with Crippen LogP contribution in [0.3, 0.4) is 0 Å². The molecule has 0 bridgehead atoms. The van der Waals surface area contributed by atoms with Crippen LogP contribution in [0.1, 0.15) is 19.0 Å². The summed E-state index contributed by atoms with van der Waals surface area (Å²) in [7, 11) is 0. The number of hydrogen-bond acceptors (Lipinski definition) is 4. The third-order valence-electron chi connectivity index (χ3n) is 3.41. The van der Waals surface area contributed by atoms with E-state index < -0.39 is 23.2 Å². The van der Waals surface area contributed by atoms with Gasteiger partial charge in [0.15, 0.2) is 0 Å². The van der Waals surface area contributed by atoms with Crippen molar-refractivity contribution in [3.63, 3.8) is 0 Å². The lowest BCUT2D eigenvalue weighted by Gasteiger charge is -2.11. The standard InChI is InChI=1S/C15H14F2N6O2/c1-2-3-10-12(13(24)23-14(20-10)18-7-19-23)22-15(25)21-11-6-8(16)4-5-9(11)17/h4-7H,2-3H2,1H3,(H,18,19,20)(H2,21,22,25). The Morgan fingerprint density at radius 2 is 2.12 bits per heavy atom. The summed E-state index contributed by atoms with van der Waals surface area (Å²) in [5.41, 5.74) is -0.599. The predicted octanol–water partition coefficient (Wildman–Crippen LogP) is 2.29. The Labute approximate surface area is 139 Å². The molecule has 130 valence electrons. The Morgan fingerprint density at radius 3 is 2.88 bits per heavy atom. The summed E-state index contributed by atoms with van der Waals surface area (Å²) in [5.74, 6) is -1.33. The monoisotopic (exact) mass is 348 g/mol. The molecule has 0 unspecified atom stereocenters. The van der Waals surface area contributed by atoms with E-state index >= 15 is 0 Å². The predicted molar refractivity (Wildman–Crippen MR) is 86.6 cm³/mol. The highest BCUT2D eigenvalue weighted by Gasteiger charge is 2.17. The van der Waals surface area contributed by atoms with Crippen molar-refractivity contribution in [3.05, 3.63) is 52.2 Å². The fourth-order valence-corrected chi connectivity index (χ4v) is 2.30. The van der Waals surface area contributed by atoms with Crippen molar-refractivity contribution >= 4 is 23.2 Å². The number of benzene rings is 1. The zero-order chi connectivity index (χ0) is 18.0. The van der Waals surface area contributed by atoms with Crippen molar-refractivity contribution in [1.82, 2.24) is 19.6 Å². The summed E-state index contributed by atoms with van der Waals surface area (Å²) < 4.78 is 27.9. The molecule has 0 aliphatic heterocycles. The first-order valence-electron chi connectivity index (χ1n) is 7.47. The summed E-state index contributed by atoms with van der Waals surface area (Å²) >= 11 is 0. The molecule has 0 saturated heterocycles. The lowest BCUT2D eigenvalue weighted by Crippen LogP contribution is -2.29. The number of carbonyl (C=O) groups is 1. The summed E-state index contributed by atoms with van der Waals surface area (Å²) in [6, 6.07) is 1.77. The van der Waals surface area contributed by atoms with E-state index in [0.717, 1.165) is 22.7 Å². The number of aromatic amines is 1. The second-order valence-corrected chi connectivity index (χ2v) is 5.21. The Hall–Kier alpha value is -3.30. The van der Waals surface area contributed by atoms with Crippen molar-refractivity contribution in [1.29, 1.82) is 0 Å². The molecule has 0 aliphatic rings. The molecule has 0 radical (unpaired) electrons. The van der Waals surface area contributed by atoms with Crippen LogP contribution in [0.2, 0.25) is 0 Å². The molecule has 0 fully saturated rings. The van der Waals surface area contributed by atoms with Crippen molar-refractivity contribution in [3.8, 4) is 0 Å². The van der Waals surface area contributed by atoms with Gasteiger partial charge in [-0.15, -0.1) is 0 Å². The molecule has 3 aromatic rings. The van der Waals surface area contributed by atoms with Gasteiger partial charge in [-0.05, 0) is 18.6 Å². The second kappa shape index (κ2) is 6.67. The molecule has 3 rings (SSSR count). The molecule has 0 atom stereocenters. The third-order valence-corrected chi connectivity index (χ3v) is 3.41. The van der Waals surface area contributed by atoms with Gasteiger partial charge in [-0.1, -0.05) is 13.3 Å². The molecule has 2 amide bonds. The largest absolute Gasteiger partial charge is 0.323 e. The van der Waals surface area contributed by atoms with E-state index in [4.69, 9.17) is 0 Å². The van der Waals surface area contributed by atoms with Gasteiger partial charge < -0.3 is 10.6 Å². The van der Waals surface area contributed by atoms with E-state index in [9.17, 15) is 18.4 Å². The molecular weight excluding hydrogens is 334 g/mol. The number of halogens is 2. The Balaban J connectivity index is 1.92. The first-order valence-corrected chi connectivity index (χ1v) is 7.47. The smallest absolute Gasteiger partial charge is 0.305 e. The zero-order valence-electron chi connectivity index (χ0n) is 13.1. The highest BCUT2D eigenvalue weighted by molar-refractivity contribution is 6.00. The minimum atomic E-state index is -0.889. The van der Waals surface area contributed by atoms with E-state index in [-0.39, 0.29) is 17.2 Å². The third kappa shape index (κ3) is 3.32. The van der Waals surface area contributed by atoms with Crippen molar-refractivity contribution in [2.75, 3.05) is 10.6 Å². The number of H-pyrrole nitrogens is 1. The maximum atomic E-state index is 13.6. The second-order valence-electron chi connectivity index (χ2n) is 5.21. The minimum Gasteiger partial charge on any atom is -0.305 e. The quantitative estimate of drug-likeness (QED) is 0.673. The van der Waals surface area contributed by atoms with Gasteiger partial charge >= 0.3 is 6.03 Å². The number of rotatable bonds is 4. The number of hydrogen-bond donors (Lipinski definition) is 3. The summed E-state index contributed by atoms with van der Waals surface area (Å²) in [4.78, 5) is 32.7. The number of carbonyl (C=O) groups excluding carboxylic acids is 1. The van der Waals surface area contributed by atoms with Gasteiger partial charge in [-0.3, -0.25) is 9.89 Å². The molecule has 0 aliphatic carbocycles. The molecule has 8 nitrogen and oxygen atoms in total. The van der Waals surface area contributed by atoms with Crippen LogP contribution in [-0.4, -0.2) is 25.6 Å². The topological polar surface area (TPSA) is 104 Å². The van der Waals surface area contributed by atoms with Crippen molar-refractivity contribution < 1.29 is 13.6 Å². The Kier molecular flexibility index (Phi) is 4.42. The molecule has 10 heteroatoms. The normalized spacial score (nSPS) is 10.8. The first kappa shape index (κ1) is 16.6. The van der Waals surface area contributed by atoms with E-state index in [1.807, 2.05) is 6.92 Å². The fraction of sp³-hybridized carbons (Fsp3) is 0.200. The van der Waals surface area contributed by atoms with Crippen LogP contribution in [0, 0.1) is 11.6 Å². The molecule has 2 heterocycles. The van der Waals surface area contributed by atoms with Crippen LogP contribution in [0.5, 0.6) is 0 Å². The number of nitrogens with one attached hydrogen (secondary N) is 3. The summed E-state index contributed by atoms with van der Waals surface area (Å²) in [5, 5.41) is 7.12. The van der Waals surface area contributed by atoms with Crippen LogP contribution in [0.4, 0.5) is 25.0 Å². The van der Waals surface area contributed by atoms with Gasteiger partial charge in [0, 0.05) is 6.07 Å². The molecule has 2 aromatic heterocycles. The minimum absolute atomic E-state index is 0.0575. The molecule has 25 heavy (non-hydrogen) atoms. The van der Waals surface area contributed by atoms with Gasteiger partial charge in [0.1, 0.15) is 23.6 Å². The number of nitrogens with zero attached hydrogens (tertiary/aromatic N) is 3. The van der Waals surface area contributed by atoms with Crippen molar-refractivity contribution in [2.45, 2.75) is 19.8 Å². The molecule has 1 aromatic carbocycles. The Morgan fingerprint density at radius 1 is 1.32 bits per heavy atom. The van der Waals surface area contributed by atoms with E-state index in [2.05, 4.69) is 25.7 Å². The average molecular weight is 348 g/mol. The van der Waals surface area contributed by atoms with Crippen LogP contribution >= 0.6 is 0 Å². The first-order chi connectivity index (χ1) is 12.0. The fourth-order valence-electron chi connectivity index (χ4n) is 2.30. The van der Waals surface area contributed by atoms with E-state index in [0.29, 0.717) is 18.5 Å². The molecular formula is C15H14F2N6O2. The highest BCUT2D eigenvalue weighted by atomic mass is 19.1. The van der Waals surface area contributed by atoms with Crippen molar-refractivity contribution in [2.24, 2.45) is 0 Å². The van der Waals surface area contributed by atoms with Gasteiger partial charge in [-0.25, -0.2) is 23.5 Å². The van der Waals surface area contributed by atoms with E-state index in [1.165, 1.54) is 6.33 Å². The molecule has 0 saturated carbocycles. The van der Waals surface area contributed by atoms with Crippen LogP contribution in [0.15, 0.2) is 29.3 Å².